The van der Waals surface area contributed by atoms with Crippen molar-refractivity contribution in [2.24, 2.45) is 11.8 Å². The van der Waals surface area contributed by atoms with Crippen LogP contribution in [0.2, 0.25) is 0 Å². The van der Waals surface area contributed by atoms with E-state index in [1.165, 1.54) is 6.07 Å². The van der Waals surface area contributed by atoms with Crippen LogP contribution in [0, 0.1) is 23.5 Å². The van der Waals surface area contributed by atoms with E-state index in [9.17, 15) is 13.6 Å². The number of rotatable bonds is 5. The smallest absolute Gasteiger partial charge is 0.220 e. The minimum absolute atomic E-state index is 0.105. The van der Waals surface area contributed by atoms with Gasteiger partial charge in [0.2, 0.25) is 5.91 Å². The van der Waals surface area contributed by atoms with Crippen LogP contribution in [0.4, 0.5) is 8.78 Å². The third kappa shape index (κ3) is 3.59. The summed E-state index contributed by atoms with van der Waals surface area (Å²) < 4.78 is 32.5. The van der Waals surface area contributed by atoms with Crippen LogP contribution in [0.25, 0.3) is 0 Å². The number of nitrogens with one attached hydrogen (secondary N) is 1. The van der Waals surface area contributed by atoms with Crippen LogP contribution >= 0.6 is 0 Å². The molecule has 1 aromatic rings. The van der Waals surface area contributed by atoms with E-state index in [1.807, 2.05) is 0 Å². The van der Waals surface area contributed by atoms with Crippen LogP contribution in [0.3, 0.4) is 0 Å². The van der Waals surface area contributed by atoms with Crippen molar-refractivity contribution in [2.75, 3.05) is 13.2 Å². The van der Waals surface area contributed by atoms with Crippen molar-refractivity contribution in [1.82, 2.24) is 5.32 Å². The number of hydrogen-bond acceptors (Lipinski definition) is 2. The van der Waals surface area contributed by atoms with E-state index in [4.69, 9.17) is 4.74 Å². The third-order valence-corrected chi connectivity index (χ3v) is 4.20. The summed E-state index contributed by atoms with van der Waals surface area (Å²) in [5.41, 5.74) is 0.258. The quantitative estimate of drug-likeness (QED) is 0.907. The van der Waals surface area contributed by atoms with E-state index < -0.39 is 17.7 Å². The molecule has 1 saturated carbocycles. The number of amides is 1. The van der Waals surface area contributed by atoms with E-state index in [-0.39, 0.29) is 23.3 Å². The summed E-state index contributed by atoms with van der Waals surface area (Å²) in [6, 6.07) is 2.99. The molecule has 1 saturated heterocycles. The Morgan fingerprint density at radius 3 is 2.81 bits per heavy atom. The number of carbonyl (C=O) groups is 1. The summed E-state index contributed by atoms with van der Waals surface area (Å²) in [6.07, 6.45) is 3.15. The molecule has 1 aliphatic carbocycles. The Morgan fingerprint density at radius 1 is 1.33 bits per heavy atom. The largest absolute Gasteiger partial charge is 0.381 e. The van der Waals surface area contributed by atoms with Crippen molar-refractivity contribution in [2.45, 2.75) is 31.7 Å². The Labute approximate surface area is 122 Å². The monoisotopic (exact) mass is 295 g/mol. The Balaban J connectivity index is 1.69. The standard InChI is InChI=1S/C16H19F2NO2/c17-12-3-4-14(18)13(8-12)16(11-1-2-11)19-15(20)7-10-5-6-21-9-10/h3-4,8,10-11,16H,1-2,5-7,9H2,(H,19,20)/t10-,16+/m1/s1. The molecule has 2 atom stereocenters. The lowest BCUT2D eigenvalue weighted by atomic mass is 9.99. The topological polar surface area (TPSA) is 38.3 Å². The molecule has 0 bridgehead atoms. The van der Waals surface area contributed by atoms with Crippen molar-refractivity contribution in [1.29, 1.82) is 0 Å². The van der Waals surface area contributed by atoms with Crippen LogP contribution in [-0.2, 0) is 9.53 Å². The van der Waals surface area contributed by atoms with Gasteiger partial charge in [0.1, 0.15) is 11.6 Å². The molecule has 1 N–H and O–H groups in total. The molecule has 1 heterocycles. The summed E-state index contributed by atoms with van der Waals surface area (Å²) in [4.78, 5) is 12.1. The molecule has 5 heteroatoms. The zero-order valence-corrected chi connectivity index (χ0v) is 11.8. The van der Waals surface area contributed by atoms with Crippen molar-refractivity contribution in [3.63, 3.8) is 0 Å². The highest BCUT2D eigenvalue weighted by molar-refractivity contribution is 5.76. The summed E-state index contributed by atoms with van der Waals surface area (Å²) >= 11 is 0. The first-order valence-corrected chi connectivity index (χ1v) is 7.45. The average molecular weight is 295 g/mol. The Hall–Kier alpha value is -1.49. The highest BCUT2D eigenvalue weighted by Gasteiger charge is 2.35. The molecule has 0 aromatic heterocycles. The van der Waals surface area contributed by atoms with Crippen molar-refractivity contribution >= 4 is 5.91 Å². The lowest BCUT2D eigenvalue weighted by molar-refractivity contribution is -0.123. The minimum Gasteiger partial charge on any atom is -0.381 e. The van der Waals surface area contributed by atoms with Gasteiger partial charge in [0.15, 0.2) is 0 Å². The molecular formula is C16H19F2NO2. The first-order valence-electron chi connectivity index (χ1n) is 7.45. The third-order valence-electron chi connectivity index (χ3n) is 4.20. The first kappa shape index (κ1) is 14.4. The maximum absolute atomic E-state index is 13.9. The van der Waals surface area contributed by atoms with Gasteiger partial charge >= 0.3 is 0 Å². The number of ether oxygens (including phenoxy) is 1. The Bertz CT molecular complexity index is 525. The molecule has 2 fully saturated rings. The fourth-order valence-electron chi connectivity index (χ4n) is 2.87. The zero-order chi connectivity index (χ0) is 14.8. The predicted molar refractivity (Wildman–Crippen MR) is 73.5 cm³/mol. The van der Waals surface area contributed by atoms with E-state index in [1.54, 1.807) is 0 Å². The maximum Gasteiger partial charge on any atom is 0.220 e. The molecule has 2 aliphatic rings. The number of hydrogen-bond donors (Lipinski definition) is 1. The SMILES string of the molecule is O=C(C[C@H]1CCOC1)N[C@H](c1cc(F)ccc1F)C1CC1. The molecule has 1 aliphatic heterocycles. The fraction of sp³-hybridized carbons (Fsp3) is 0.562. The van der Waals surface area contributed by atoms with Gasteiger partial charge in [0, 0.05) is 25.2 Å². The predicted octanol–water partition coefficient (Wildman–Crippen LogP) is 2.96. The molecule has 3 rings (SSSR count). The molecule has 1 aromatic carbocycles. The number of halogens is 2. The van der Waals surface area contributed by atoms with Gasteiger partial charge in [-0.3, -0.25) is 4.79 Å². The van der Waals surface area contributed by atoms with Gasteiger partial charge in [0.05, 0.1) is 6.04 Å². The van der Waals surface area contributed by atoms with Gasteiger partial charge in [-0.15, -0.1) is 0 Å². The number of benzene rings is 1. The normalized spacial score (nSPS) is 23.0. The second-order valence-electron chi connectivity index (χ2n) is 5.98. The van der Waals surface area contributed by atoms with Gasteiger partial charge < -0.3 is 10.1 Å². The summed E-state index contributed by atoms with van der Waals surface area (Å²) in [5.74, 6) is -0.591. The van der Waals surface area contributed by atoms with Crippen LogP contribution in [0.1, 0.15) is 37.3 Å². The second-order valence-corrected chi connectivity index (χ2v) is 5.98. The molecule has 0 spiro atoms. The van der Waals surface area contributed by atoms with Gasteiger partial charge in [-0.05, 0) is 49.3 Å². The van der Waals surface area contributed by atoms with E-state index in [0.29, 0.717) is 19.6 Å². The first-order chi connectivity index (χ1) is 10.1. The van der Waals surface area contributed by atoms with Crippen LogP contribution in [0.15, 0.2) is 18.2 Å². The molecule has 3 nitrogen and oxygen atoms in total. The Morgan fingerprint density at radius 2 is 2.14 bits per heavy atom. The van der Waals surface area contributed by atoms with E-state index >= 15 is 0 Å². The van der Waals surface area contributed by atoms with Gasteiger partial charge in [0.25, 0.3) is 0 Å². The van der Waals surface area contributed by atoms with E-state index in [2.05, 4.69) is 5.32 Å². The lowest BCUT2D eigenvalue weighted by Crippen LogP contribution is -2.32. The summed E-state index contributed by atoms with van der Waals surface area (Å²) in [6.45, 7) is 1.30. The zero-order valence-electron chi connectivity index (χ0n) is 11.8. The van der Waals surface area contributed by atoms with Crippen molar-refractivity contribution < 1.29 is 18.3 Å². The van der Waals surface area contributed by atoms with Gasteiger partial charge in [-0.2, -0.15) is 0 Å². The van der Waals surface area contributed by atoms with Gasteiger partial charge in [-0.1, -0.05) is 0 Å². The fourth-order valence-corrected chi connectivity index (χ4v) is 2.87. The van der Waals surface area contributed by atoms with Gasteiger partial charge in [-0.25, -0.2) is 8.78 Å². The lowest BCUT2D eigenvalue weighted by Gasteiger charge is -2.20. The maximum atomic E-state index is 13.9. The molecule has 114 valence electrons. The molecule has 21 heavy (non-hydrogen) atoms. The number of carbonyl (C=O) groups excluding carboxylic acids is 1. The highest BCUT2D eigenvalue weighted by Crippen LogP contribution is 2.42. The highest BCUT2D eigenvalue weighted by atomic mass is 19.1. The summed E-state index contributed by atoms with van der Waals surface area (Å²) in [7, 11) is 0. The van der Waals surface area contributed by atoms with Crippen LogP contribution in [0.5, 0.6) is 0 Å². The van der Waals surface area contributed by atoms with Crippen LogP contribution in [-0.4, -0.2) is 19.1 Å². The molecule has 0 radical (unpaired) electrons. The molecular weight excluding hydrogens is 276 g/mol. The van der Waals surface area contributed by atoms with Crippen LogP contribution < -0.4 is 5.32 Å². The van der Waals surface area contributed by atoms with E-state index in [0.717, 1.165) is 31.4 Å². The molecule has 0 unspecified atom stereocenters. The van der Waals surface area contributed by atoms with Crippen molar-refractivity contribution in [3.8, 4) is 0 Å². The minimum atomic E-state index is -0.476. The van der Waals surface area contributed by atoms with Crippen molar-refractivity contribution in [3.05, 3.63) is 35.4 Å². The Kier molecular flexibility index (Phi) is 4.19. The molecule has 1 amide bonds. The summed E-state index contributed by atoms with van der Waals surface area (Å²) in [5, 5.41) is 2.89. The average Bonchev–Trinajstić information content (AvgIpc) is 3.17. The second kappa shape index (κ2) is 6.10.